The molecule has 0 atom stereocenters. The van der Waals surface area contributed by atoms with Crippen LogP contribution in [0.25, 0.3) is 10.9 Å². The van der Waals surface area contributed by atoms with E-state index in [1.807, 2.05) is 0 Å². The molecule has 1 aromatic carbocycles. The molecule has 1 aromatic heterocycles. The number of hydrogen-bond acceptors (Lipinski definition) is 4. The van der Waals surface area contributed by atoms with Crippen molar-refractivity contribution >= 4 is 44.3 Å². The standard InChI is InChI=1S/C13H13BrN4O3/c1-6(2)15-12(20)13(21)18-17-10-8-5-7(14)3-4-9(8)16-11(10)19/h3-6,16,19H,1-2H3,(H,15,20). The Morgan fingerprint density at radius 2 is 2.10 bits per heavy atom. The number of azo groups is 1. The maximum absolute atomic E-state index is 11.5. The van der Waals surface area contributed by atoms with Gasteiger partial charge in [-0.2, -0.15) is 0 Å². The minimum absolute atomic E-state index is 0.108. The normalized spacial score (nSPS) is 11.4. The fourth-order valence-corrected chi connectivity index (χ4v) is 2.06. The summed E-state index contributed by atoms with van der Waals surface area (Å²) >= 11 is 3.31. The van der Waals surface area contributed by atoms with Crippen LogP contribution in [0.5, 0.6) is 5.88 Å². The molecular weight excluding hydrogens is 340 g/mol. The first-order chi connectivity index (χ1) is 9.88. The number of aromatic hydroxyl groups is 1. The maximum atomic E-state index is 11.5. The Morgan fingerprint density at radius 3 is 2.76 bits per heavy atom. The molecule has 3 N–H and O–H groups in total. The average molecular weight is 353 g/mol. The Balaban J connectivity index is 2.29. The number of aromatic nitrogens is 1. The van der Waals surface area contributed by atoms with E-state index in [1.165, 1.54) is 0 Å². The van der Waals surface area contributed by atoms with Crippen molar-refractivity contribution in [1.82, 2.24) is 10.3 Å². The predicted molar refractivity (Wildman–Crippen MR) is 80.5 cm³/mol. The molecule has 0 bridgehead atoms. The molecule has 2 rings (SSSR count). The number of fused-ring (bicyclic) bond motifs is 1. The van der Waals surface area contributed by atoms with E-state index in [4.69, 9.17) is 0 Å². The Bertz CT molecular complexity index is 736. The van der Waals surface area contributed by atoms with Gasteiger partial charge in [-0.05, 0) is 32.0 Å². The van der Waals surface area contributed by atoms with Gasteiger partial charge in [0, 0.05) is 15.9 Å². The third-order valence-electron chi connectivity index (χ3n) is 2.57. The van der Waals surface area contributed by atoms with Crippen LogP contribution in [-0.2, 0) is 9.59 Å². The van der Waals surface area contributed by atoms with Crippen molar-refractivity contribution in [3.8, 4) is 5.88 Å². The van der Waals surface area contributed by atoms with E-state index in [1.54, 1.807) is 32.0 Å². The number of rotatable bonds is 2. The Hall–Kier alpha value is -2.22. The van der Waals surface area contributed by atoms with Gasteiger partial charge in [-0.25, -0.2) is 0 Å². The van der Waals surface area contributed by atoms with Crippen LogP contribution < -0.4 is 5.32 Å². The molecule has 2 aromatic rings. The van der Waals surface area contributed by atoms with Crippen LogP contribution in [0.4, 0.5) is 5.69 Å². The topological polar surface area (TPSA) is 107 Å². The maximum Gasteiger partial charge on any atom is 0.353 e. The van der Waals surface area contributed by atoms with Crippen LogP contribution in [0.2, 0.25) is 0 Å². The monoisotopic (exact) mass is 352 g/mol. The van der Waals surface area contributed by atoms with Crippen LogP contribution in [0.1, 0.15) is 13.8 Å². The molecule has 0 aliphatic carbocycles. The zero-order valence-corrected chi connectivity index (χ0v) is 12.9. The smallest absolute Gasteiger partial charge is 0.353 e. The summed E-state index contributed by atoms with van der Waals surface area (Å²) in [6.45, 7) is 3.46. The van der Waals surface area contributed by atoms with Crippen LogP contribution >= 0.6 is 15.9 Å². The molecular formula is C13H13BrN4O3. The van der Waals surface area contributed by atoms with Crippen molar-refractivity contribution in [3.05, 3.63) is 22.7 Å². The molecule has 1 heterocycles. The second-order valence-electron chi connectivity index (χ2n) is 4.65. The summed E-state index contributed by atoms with van der Waals surface area (Å²) in [5.74, 6) is -2.08. The van der Waals surface area contributed by atoms with Gasteiger partial charge in [0.1, 0.15) is 0 Å². The van der Waals surface area contributed by atoms with Crippen LogP contribution in [0, 0.1) is 0 Å². The second kappa shape index (κ2) is 6.04. The minimum Gasteiger partial charge on any atom is -0.493 e. The number of benzene rings is 1. The Morgan fingerprint density at radius 1 is 1.38 bits per heavy atom. The van der Waals surface area contributed by atoms with E-state index in [-0.39, 0.29) is 17.6 Å². The lowest BCUT2D eigenvalue weighted by molar-refractivity contribution is -0.137. The quantitative estimate of drug-likeness (QED) is 0.571. The largest absolute Gasteiger partial charge is 0.493 e. The van der Waals surface area contributed by atoms with Crippen LogP contribution in [-0.4, -0.2) is 27.9 Å². The Kier molecular flexibility index (Phi) is 4.37. The third-order valence-corrected chi connectivity index (χ3v) is 3.06. The van der Waals surface area contributed by atoms with E-state index in [2.05, 4.69) is 36.5 Å². The molecule has 0 radical (unpaired) electrons. The Labute approximate surface area is 128 Å². The number of H-pyrrole nitrogens is 1. The van der Waals surface area contributed by atoms with Crippen molar-refractivity contribution in [3.63, 3.8) is 0 Å². The molecule has 0 saturated heterocycles. The van der Waals surface area contributed by atoms with Gasteiger partial charge in [-0.15, -0.1) is 10.2 Å². The molecule has 0 saturated carbocycles. The molecule has 0 aliphatic rings. The highest BCUT2D eigenvalue weighted by Crippen LogP contribution is 2.36. The van der Waals surface area contributed by atoms with Crippen LogP contribution in [0.15, 0.2) is 32.9 Å². The lowest BCUT2D eigenvalue weighted by Crippen LogP contribution is -2.34. The number of carbonyl (C=O) groups is 2. The fraction of sp³-hybridized carbons (Fsp3) is 0.231. The highest BCUT2D eigenvalue weighted by Gasteiger charge is 2.15. The molecule has 8 heteroatoms. The zero-order chi connectivity index (χ0) is 15.6. The number of aromatic amines is 1. The van der Waals surface area contributed by atoms with Crippen molar-refractivity contribution in [1.29, 1.82) is 0 Å². The summed E-state index contributed by atoms with van der Waals surface area (Å²) in [6, 6.07) is 5.08. The summed E-state index contributed by atoms with van der Waals surface area (Å²) in [5.41, 5.74) is 0.751. The molecule has 110 valence electrons. The van der Waals surface area contributed by atoms with Gasteiger partial charge in [-0.3, -0.25) is 9.59 Å². The van der Waals surface area contributed by atoms with Crippen molar-refractivity contribution in [2.24, 2.45) is 10.2 Å². The van der Waals surface area contributed by atoms with E-state index >= 15 is 0 Å². The van der Waals surface area contributed by atoms with Crippen molar-refractivity contribution < 1.29 is 14.7 Å². The number of carbonyl (C=O) groups excluding carboxylic acids is 2. The zero-order valence-electron chi connectivity index (χ0n) is 11.3. The van der Waals surface area contributed by atoms with Gasteiger partial charge in [-0.1, -0.05) is 15.9 Å². The molecule has 0 spiro atoms. The summed E-state index contributed by atoms with van der Waals surface area (Å²) in [4.78, 5) is 25.6. The van der Waals surface area contributed by atoms with Crippen molar-refractivity contribution in [2.45, 2.75) is 19.9 Å². The fourth-order valence-electron chi connectivity index (χ4n) is 1.70. The van der Waals surface area contributed by atoms with E-state index in [9.17, 15) is 14.7 Å². The first-order valence-electron chi connectivity index (χ1n) is 6.15. The van der Waals surface area contributed by atoms with Gasteiger partial charge < -0.3 is 15.4 Å². The summed E-state index contributed by atoms with van der Waals surface area (Å²) < 4.78 is 0.786. The summed E-state index contributed by atoms with van der Waals surface area (Å²) in [6.07, 6.45) is 0. The molecule has 2 amide bonds. The van der Waals surface area contributed by atoms with Gasteiger partial charge in [0.2, 0.25) is 5.88 Å². The van der Waals surface area contributed by atoms with Gasteiger partial charge in [0.15, 0.2) is 5.69 Å². The molecule has 0 fully saturated rings. The van der Waals surface area contributed by atoms with Crippen LogP contribution in [0.3, 0.4) is 0 Å². The predicted octanol–water partition coefficient (Wildman–Crippen LogP) is 2.77. The number of amides is 2. The van der Waals surface area contributed by atoms with Gasteiger partial charge in [0.25, 0.3) is 0 Å². The number of nitrogens with zero attached hydrogens (tertiary/aromatic N) is 2. The number of hydrogen-bond donors (Lipinski definition) is 3. The number of halogens is 1. The molecule has 7 nitrogen and oxygen atoms in total. The molecule has 21 heavy (non-hydrogen) atoms. The molecule has 0 aliphatic heterocycles. The first-order valence-corrected chi connectivity index (χ1v) is 6.94. The van der Waals surface area contributed by atoms with Gasteiger partial charge >= 0.3 is 11.8 Å². The highest BCUT2D eigenvalue weighted by molar-refractivity contribution is 9.10. The average Bonchev–Trinajstić information content (AvgIpc) is 2.70. The van der Waals surface area contributed by atoms with Gasteiger partial charge in [0.05, 0.1) is 5.52 Å². The van der Waals surface area contributed by atoms with E-state index in [0.29, 0.717) is 10.9 Å². The number of nitrogens with one attached hydrogen (secondary N) is 2. The minimum atomic E-state index is -1.02. The lowest BCUT2D eigenvalue weighted by atomic mass is 10.2. The summed E-state index contributed by atoms with van der Waals surface area (Å²) in [7, 11) is 0. The lowest BCUT2D eigenvalue weighted by Gasteiger charge is -2.03. The summed E-state index contributed by atoms with van der Waals surface area (Å²) in [5, 5.41) is 19.8. The SMILES string of the molecule is CC(C)NC(=O)C(=O)N=Nc1c(O)[nH]c2ccc(Br)cc12. The van der Waals surface area contributed by atoms with Crippen molar-refractivity contribution in [2.75, 3.05) is 0 Å². The third kappa shape index (κ3) is 3.46. The highest BCUT2D eigenvalue weighted by atomic mass is 79.9. The second-order valence-corrected chi connectivity index (χ2v) is 5.56. The van der Waals surface area contributed by atoms with E-state index in [0.717, 1.165) is 4.47 Å². The van der Waals surface area contributed by atoms with E-state index < -0.39 is 11.8 Å². The molecule has 0 unspecified atom stereocenters. The first kappa shape index (κ1) is 15.2.